The summed E-state index contributed by atoms with van der Waals surface area (Å²) in [5.41, 5.74) is 5.97. The minimum Gasteiger partial charge on any atom is -0.375 e. The van der Waals surface area contributed by atoms with Crippen molar-refractivity contribution in [1.82, 2.24) is 0 Å². The zero-order chi connectivity index (χ0) is 14.2. The van der Waals surface area contributed by atoms with Gasteiger partial charge in [0.25, 0.3) is 0 Å². The Morgan fingerprint density at radius 3 is 2.45 bits per heavy atom. The molecule has 3 rings (SSSR count). The van der Waals surface area contributed by atoms with Crippen LogP contribution in [0.5, 0.6) is 0 Å². The van der Waals surface area contributed by atoms with E-state index >= 15 is 0 Å². The summed E-state index contributed by atoms with van der Waals surface area (Å²) in [6.07, 6.45) is 2.28. The van der Waals surface area contributed by atoms with Crippen molar-refractivity contribution < 1.29 is 0 Å². The molecule has 0 fully saturated rings. The van der Waals surface area contributed by atoms with Crippen LogP contribution >= 0.6 is 0 Å². The van der Waals surface area contributed by atoms with Gasteiger partial charge in [-0.05, 0) is 44.5 Å². The highest BCUT2D eigenvalue weighted by molar-refractivity contribution is 5.89. The van der Waals surface area contributed by atoms with E-state index in [9.17, 15) is 0 Å². The molecule has 1 aliphatic heterocycles. The van der Waals surface area contributed by atoms with Gasteiger partial charge in [0.15, 0.2) is 0 Å². The molecule has 0 saturated carbocycles. The first kappa shape index (κ1) is 12.8. The van der Waals surface area contributed by atoms with Gasteiger partial charge in [-0.1, -0.05) is 36.4 Å². The number of benzene rings is 2. The molecular weight excluding hydrogens is 244 g/mol. The molecule has 0 aromatic heterocycles. The van der Waals surface area contributed by atoms with Gasteiger partial charge in [-0.3, -0.25) is 0 Å². The molecule has 0 bridgehead atoms. The fourth-order valence-corrected chi connectivity index (χ4v) is 2.77. The molecule has 102 valence electrons. The van der Waals surface area contributed by atoms with Crippen molar-refractivity contribution in [1.29, 1.82) is 0 Å². The second kappa shape index (κ2) is 4.71. The van der Waals surface area contributed by atoms with Gasteiger partial charge in [0.05, 0.1) is 16.9 Å². The Hall–Kier alpha value is -2.22. The van der Waals surface area contributed by atoms with Crippen LogP contribution in [-0.2, 0) is 0 Å². The van der Waals surface area contributed by atoms with Crippen molar-refractivity contribution in [2.75, 3.05) is 10.6 Å². The van der Waals surface area contributed by atoms with E-state index < -0.39 is 0 Å². The number of para-hydroxylation sites is 2. The minimum absolute atomic E-state index is 0.0223. The predicted octanol–water partition coefficient (Wildman–Crippen LogP) is 5.04. The standard InChI is InChI=1S/C18H20N2/c1-13-12-18(2,3)20-17-15(13)10-7-11-16(17)19-14-8-5-4-6-9-14/h4-12,19-20H,1-3H3. The summed E-state index contributed by atoms with van der Waals surface area (Å²) in [5, 5.41) is 7.12. The lowest BCUT2D eigenvalue weighted by molar-refractivity contribution is 0.708. The van der Waals surface area contributed by atoms with Crippen molar-refractivity contribution in [3.8, 4) is 0 Å². The van der Waals surface area contributed by atoms with Gasteiger partial charge in [0.2, 0.25) is 0 Å². The van der Waals surface area contributed by atoms with Crippen molar-refractivity contribution in [3.05, 3.63) is 60.2 Å². The number of allylic oxidation sites excluding steroid dienone is 1. The third kappa shape index (κ3) is 2.42. The van der Waals surface area contributed by atoms with E-state index in [1.165, 1.54) is 16.8 Å². The number of fused-ring (bicyclic) bond motifs is 1. The molecule has 0 spiro atoms. The Balaban J connectivity index is 2.03. The molecule has 1 heterocycles. The van der Waals surface area contributed by atoms with Crippen LogP contribution in [0.1, 0.15) is 26.3 Å². The van der Waals surface area contributed by atoms with Gasteiger partial charge in [0.1, 0.15) is 0 Å². The van der Waals surface area contributed by atoms with Gasteiger partial charge < -0.3 is 10.6 Å². The predicted molar refractivity (Wildman–Crippen MR) is 87.5 cm³/mol. The van der Waals surface area contributed by atoms with Crippen molar-refractivity contribution in [2.24, 2.45) is 0 Å². The molecule has 2 nitrogen and oxygen atoms in total. The fourth-order valence-electron chi connectivity index (χ4n) is 2.77. The number of hydrogen-bond donors (Lipinski definition) is 2. The lowest BCUT2D eigenvalue weighted by atomic mass is 9.91. The first-order valence-electron chi connectivity index (χ1n) is 6.98. The maximum absolute atomic E-state index is 3.62. The maximum Gasteiger partial charge on any atom is 0.0662 e. The SMILES string of the molecule is CC1=CC(C)(C)Nc2c(Nc3ccccc3)cccc21. The zero-order valence-corrected chi connectivity index (χ0v) is 12.2. The van der Waals surface area contributed by atoms with Crippen molar-refractivity contribution in [2.45, 2.75) is 26.3 Å². The lowest BCUT2D eigenvalue weighted by Gasteiger charge is -2.33. The Morgan fingerprint density at radius 2 is 1.70 bits per heavy atom. The van der Waals surface area contributed by atoms with E-state index in [-0.39, 0.29) is 5.54 Å². The topological polar surface area (TPSA) is 24.1 Å². The summed E-state index contributed by atoms with van der Waals surface area (Å²) >= 11 is 0. The average molecular weight is 264 g/mol. The molecule has 1 aliphatic rings. The summed E-state index contributed by atoms with van der Waals surface area (Å²) < 4.78 is 0. The monoisotopic (exact) mass is 264 g/mol. The lowest BCUT2D eigenvalue weighted by Crippen LogP contribution is -2.31. The molecule has 2 N–H and O–H groups in total. The zero-order valence-electron chi connectivity index (χ0n) is 12.2. The van der Waals surface area contributed by atoms with Crippen LogP contribution in [0.3, 0.4) is 0 Å². The fraction of sp³-hybridized carbons (Fsp3) is 0.222. The van der Waals surface area contributed by atoms with Crippen LogP contribution in [0.25, 0.3) is 5.57 Å². The molecule has 0 saturated heterocycles. The maximum atomic E-state index is 3.62. The highest BCUT2D eigenvalue weighted by Crippen LogP contribution is 2.39. The summed E-state index contributed by atoms with van der Waals surface area (Å²) in [6, 6.07) is 16.7. The van der Waals surface area contributed by atoms with E-state index in [4.69, 9.17) is 0 Å². The minimum atomic E-state index is -0.0223. The quantitative estimate of drug-likeness (QED) is 0.794. The van der Waals surface area contributed by atoms with Gasteiger partial charge in [-0.2, -0.15) is 0 Å². The Bertz CT molecular complexity index is 654. The first-order chi connectivity index (χ1) is 9.55. The average Bonchev–Trinajstić information content (AvgIpc) is 2.40. The van der Waals surface area contributed by atoms with E-state index in [1.807, 2.05) is 18.2 Å². The number of anilines is 3. The van der Waals surface area contributed by atoms with Gasteiger partial charge >= 0.3 is 0 Å². The van der Waals surface area contributed by atoms with Crippen LogP contribution in [-0.4, -0.2) is 5.54 Å². The molecule has 0 amide bonds. The van der Waals surface area contributed by atoms with Crippen molar-refractivity contribution >= 4 is 22.6 Å². The second-order valence-electron chi connectivity index (χ2n) is 5.89. The molecule has 20 heavy (non-hydrogen) atoms. The summed E-state index contributed by atoms with van der Waals surface area (Å²) in [6.45, 7) is 6.56. The highest BCUT2D eigenvalue weighted by atomic mass is 15.0. The molecule has 2 aromatic rings. The molecule has 2 heteroatoms. The summed E-state index contributed by atoms with van der Waals surface area (Å²) in [4.78, 5) is 0. The smallest absolute Gasteiger partial charge is 0.0662 e. The Kier molecular flexibility index (Phi) is 3.01. The van der Waals surface area contributed by atoms with Crippen LogP contribution in [0.4, 0.5) is 17.1 Å². The molecular formula is C18H20N2. The van der Waals surface area contributed by atoms with Crippen LogP contribution in [0.15, 0.2) is 54.6 Å². The Labute approximate surface area is 120 Å². The molecule has 2 aromatic carbocycles. The normalized spacial score (nSPS) is 15.8. The van der Waals surface area contributed by atoms with Crippen LogP contribution < -0.4 is 10.6 Å². The van der Waals surface area contributed by atoms with E-state index in [0.717, 1.165) is 11.4 Å². The number of nitrogens with one attached hydrogen (secondary N) is 2. The molecule has 0 radical (unpaired) electrons. The van der Waals surface area contributed by atoms with Gasteiger partial charge in [0, 0.05) is 11.3 Å². The third-order valence-electron chi connectivity index (χ3n) is 3.57. The number of hydrogen-bond acceptors (Lipinski definition) is 2. The Morgan fingerprint density at radius 1 is 0.950 bits per heavy atom. The molecule has 0 unspecified atom stereocenters. The van der Waals surface area contributed by atoms with E-state index in [2.05, 4.69) is 67.8 Å². The van der Waals surface area contributed by atoms with Gasteiger partial charge in [-0.25, -0.2) is 0 Å². The van der Waals surface area contributed by atoms with Crippen LogP contribution in [0.2, 0.25) is 0 Å². The highest BCUT2D eigenvalue weighted by Gasteiger charge is 2.24. The van der Waals surface area contributed by atoms with Crippen molar-refractivity contribution in [3.63, 3.8) is 0 Å². The third-order valence-corrected chi connectivity index (χ3v) is 3.57. The summed E-state index contributed by atoms with van der Waals surface area (Å²) in [7, 11) is 0. The van der Waals surface area contributed by atoms with E-state index in [0.29, 0.717) is 0 Å². The molecule has 0 aliphatic carbocycles. The first-order valence-corrected chi connectivity index (χ1v) is 6.98. The van der Waals surface area contributed by atoms with Crippen LogP contribution in [0, 0.1) is 0 Å². The number of rotatable bonds is 2. The van der Waals surface area contributed by atoms with E-state index in [1.54, 1.807) is 0 Å². The largest absolute Gasteiger partial charge is 0.375 e. The van der Waals surface area contributed by atoms with Gasteiger partial charge in [-0.15, -0.1) is 0 Å². The molecule has 0 atom stereocenters. The second-order valence-corrected chi connectivity index (χ2v) is 5.89. The summed E-state index contributed by atoms with van der Waals surface area (Å²) in [5.74, 6) is 0.